The van der Waals surface area contributed by atoms with Gasteiger partial charge in [0.1, 0.15) is 0 Å². The van der Waals surface area contributed by atoms with Gasteiger partial charge >= 0.3 is 0 Å². The van der Waals surface area contributed by atoms with Crippen molar-refractivity contribution in [3.05, 3.63) is 0 Å². The second-order valence-electron chi connectivity index (χ2n) is 5.74. The second kappa shape index (κ2) is 6.36. The molecular formula is C13H27N3O. The monoisotopic (exact) mass is 241 g/mol. The smallest absolute Gasteiger partial charge is 0.0963 e. The van der Waals surface area contributed by atoms with Gasteiger partial charge in [-0.3, -0.25) is 5.41 Å². The van der Waals surface area contributed by atoms with Gasteiger partial charge in [0, 0.05) is 25.1 Å². The lowest BCUT2D eigenvalue weighted by Crippen LogP contribution is -2.34. The van der Waals surface area contributed by atoms with E-state index in [4.69, 9.17) is 15.9 Å². The van der Waals surface area contributed by atoms with Crippen LogP contribution in [0.4, 0.5) is 0 Å². The zero-order chi connectivity index (χ0) is 12.9. The molecule has 0 aromatic heterocycles. The molecule has 0 aromatic carbocycles. The normalized spacial score (nSPS) is 23.4. The van der Waals surface area contributed by atoms with Gasteiger partial charge < -0.3 is 15.4 Å². The zero-order valence-corrected chi connectivity index (χ0v) is 11.5. The molecule has 0 radical (unpaired) electrons. The van der Waals surface area contributed by atoms with Gasteiger partial charge in [0.15, 0.2) is 0 Å². The third-order valence-corrected chi connectivity index (χ3v) is 3.54. The maximum absolute atomic E-state index is 7.53. The van der Waals surface area contributed by atoms with Gasteiger partial charge in [0.25, 0.3) is 0 Å². The van der Waals surface area contributed by atoms with Crippen LogP contribution in [0.25, 0.3) is 0 Å². The quantitative estimate of drug-likeness (QED) is 0.570. The first kappa shape index (κ1) is 14.5. The van der Waals surface area contributed by atoms with Crippen molar-refractivity contribution >= 4 is 5.84 Å². The van der Waals surface area contributed by atoms with Gasteiger partial charge in [0.2, 0.25) is 0 Å². The van der Waals surface area contributed by atoms with E-state index in [-0.39, 0.29) is 5.41 Å². The minimum absolute atomic E-state index is 0.159. The van der Waals surface area contributed by atoms with Crippen LogP contribution in [0.5, 0.6) is 0 Å². The largest absolute Gasteiger partial charge is 0.387 e. The van der Waals surface area contributed by atoms with E-state index in [0.717, 1.165) is 45.5 Å². The van der Waals surface area contributed by atoms with Crippen LogP contribution in [0.2, 0.25) is 0 Å². The fourth-order valence-corrected chi connectivity index (χ4v) is 2.16. The van der Waals surface area contributed by atoms with E-state index in [1.807, 2.05) is 13.8 Å². The van der Waals surface area contributed by atoms with E-state index in [1.165, 1.54) is 0 Å². The molecule has 3 N–H and O–H groups in total. The van der Waals surface area contributed by atoms with Gasteiger partial charge in [-0.05, 0) is 32.7 Å². The van der Waals surface area contributed by atoms with Crippen molar-refractivity contribution in [3.8, 4) is 0 Å². The van der Waals surface area contributed by atoms with E-state index in [2.05, 4.69) is 11.8 Å². The fourth-order valence-electron chi connectivity index (χ4n) is 2.16. The summed E-state index contributed by atoms with van der Waals surface area (Å²) in [7, 11) is 0. The third-order valence-electron chi connectivity index (χ3n) is 3.54. The molecule has 1 fully saturated rings. The van der Waals surface area contributed by atoms with Gasteiger partial charge in [0.05, 0.1) is 11.9 Å². The summed E-state index contributed by atoms with van der Waals surface area (Å²) >= 11 is 0. The number of hydrogen-bond acceptors (Lipinski definition) is 3. The van der Waals surface area contributed by atoms with Crippen LogP contribution in [0, 0.1) is 10.8 Å². The molecule has 1 aliphatic rings. The van der Waals surface area contributed by atoms with Crippen molar-refractivity contribution < 1.29 is 4.74 Å². The van der Waals surface area contributed by atoms with Crippen LogP contribution in [-0.4, -0.2) is 43.1 Å². The predicted octanol–water partition coefficient (Wildman–Crippen LogP) is 1.84. The standard InChI is InChI=1S/C13H27N3O/c1-11-10-16(8-5-9-17-11)7-4-6-13(2,3)12(14)15/h11H,4-10H2,1-3H3,(H3,14,15). The Balaban J connectivity index is 2.28. The molecule has 0 amide bonds. The lowest BCUT2D eigenvalue weighted by Gasteiger charge is -2.26. The average molecular weight is 241 g/mol. The average Bonchev–Trinajstić information content (AvgIpc) is 2.42. The maximum Gasteiger partial charge on any atom is 0.0963 e. The molecule has 17 heavy (non-hydrogen) atoms. The van der Waals surface area contributed by atoms with Crippen LogP contribution in [-0.2, 0) is 4.74 Å². The highest BCUT2D eigenvalue weighted by atomic mass is 16.5. The van der Waals surface area contributed by atoms with Crippen molar-refractivity contribution in [3.63, 3.8) is 0 Å². The Hall–Kier alpha value is -0.610. The molecule has 100 valence electrons. The van der Waals surface area contributed by atoms with Gasteiger partial charge in [-0.15, -0.1) is 0 Å². The fraction of sp³-hybridized carbons (Fsp3) is 0.923. The van der Waals surface area contributed by atoms with E-state index in [0.29, 0.717) is 11.9 Å². The van der Waals surface area contributed by atoms with Crippen LogP contribution >= 0.6 is 0 Å². The molecular weight excluding hydrogens is 214 g/mol. The van der Waals surface area contributed by atoms with Crippen LogP contribution in [0.3, 0.4) is 0 Å². The molecule has 4 nitrogen and oxygen atoms in total. The second-order valence-corrected chi connectivity index (χ2v) is 5.74. The first-order valence-electron chi connectivity index (χ1n) is 6.60. The highest BCUT2D eigenvalue weighted by molar-refractivity contribution is 5.82. The molecule has 1 atom stereocenters. The van der Waals surface area contributed by atoms with Crippen molar-refractivity contribution in [2.75, 3.05) is 26.2 Å². The van der Waals surface area contributed by atoms with Gasteiger partial charge in [-0.25, -0.2) is 0 Å². The van der Waals surface area contributed by atoms with Crippen molar-refractivity contribution in [2.45, 2.75) is 46.1 Å². The molecule has 1 unspecified atom stereocenters. The minimum Gasteiger partial charge on any atom is -0.387 e. The van der Waals surface area contributed by atoms with E-state index < -0.39 is 0 Å². The van der Waals surface area contributed by atoms with E-state index in [1.54, 1.807) is 0 Å². The summed E-state index contributed by atoms with van der Waals surface area (Å²) in [5.41, 5.74) is 5.43. The Labute approximate surface area is 105 Å². The summed E-state index contributed by atoms with van der Waals surface area (Å²) in [6.45, 7) is 10.4. The van der Waals surface area contributed by atoms with Gasteiger partial charge in [-0.1, -0.05) is 13.8 Å². The first-order chi connectivity index (χ1) is 7.92. The topological polar surface area (TPSA) is 62.3 Å². The summed E-state index contributed by atoms with van der Waals surface area (Å²) in [5.74, 6) is 0.296. The van der Waals surface area contributed by atoms with Crippen LogP contribution < -0.4 is 5.73 Å². The Bertz CT molecular complexity index is 253. The summed E-state index contributed by atoms with van der Waals surface area (Å²) in [6.07, 6.45) is 3.55. The van der Waals surface area contributed by atoms with Crippen molar-refractivity contribution in [2.24, 2.45) is 11.1 Å². The molecule has 0 aromatic rings. The first-order valence-corrected chi connectivity index (χ1v) is 6.60. The lowest BCUT2D eigenvalue weighted by molar-refractivity contribution is 0.0673. The molecule has 0 bridgehead atoms. The number of nitrogens with two attached hydrogens (primary N) is 1. The number of rotatable bonds is 5. The maximum atomic E-state index is 7.53. The molecule has 0 saturated carbocycles. The SMILES string of the molecule is CC1CN(CCCC(C)(C)C(=N)N)CCCO1. The summed E-state index contributed by atoms with van der Waals surface area (Å²) in [5, 5.41) is 7.53. The van der Waals surface area contributed by atoms with Gasteiger partial charge in [-0.2, -0.15) is 0 Å². The minimum atomic E-state index is -0.159. The number of hydrogen-bond donors (Lipinski definition) is 2. The zero-order valence-electron chi connectivity index (χ0n) is 11.5. The Morgan fingerprint density at radius 1 is 1.53 bits per heavy atom. The highest BCUT2D eigenvalue weighted by Crippen LogP contribution is 2.22. The number of ether oxygens (including phenoxy) is 1. The summed E-state index contributed by atoms with van der Waals surface area (Å²) in [6, 6.07) is 0. The molecule has 1 saturated heterocycles. The summed E-state index contributed by atoms with van der Waals surface area (Å²) in [4.78, 5) is 2.47. The third kappa shape index (κ3) is 5.04. The molecule has 1 aliphatic heterocycles. The molecule has 1 heterocycles. The lowest BCUT2D eigenvalue weighted by atomic mass is 9.86. The molecule has 0 aliphatic carbocycles. The summed E-state index contributed by atoms with van der Waals surface area (Å²) < 4.78 is 5.62. The molecule has 4 heteroatoms. The Morgan fingerprint density at radius 3 is 2.88 bits per heavy atom. The van der Waals surface area contributed by atoms with E-state index >= 15 is 0 Å². The Morgan fingerprint density at radius 2 is 2.24 bits per heavy atom. The highest BCUT2D eigenvalue weighted by Gasteiger charge is 2.22. The Kier molecular flexibility index (Phi) is 5.40. The van der Waals surface area contributed by atoms with Crippen LogP contribution in [0.15, 0.2) is 0 Å². The number of nitrogens with one attached hydrogen (secondary N) is 1. The number of amidine groups is 1. The van der Waals surface area contributed by atoms with E-state index in [9.17, 15) is 0 Å². The molecule has 0 spiro atoms. The van der Waals surface area contributed by atoms with Crippen molar-refractivity contribution in [1.29, 1.82) is 5.41 Å². The van der Waals surface area contributed by atoms with Crippen LogP contribution in [0.1, 0.15) is 40.0 Å². The van der Waals surface area contributed by atoms with Crippen molar-refractivity contribution in [1.82, 2.24) is 4.90 Å². The predicted molar refractivity (Wildman–Crippen MR) is 71.4 cm³/mol. The number of nitrogens with zero attached hydrogens (tertiary/aromatic N) is 1. The molecule has 1 rings (SSSR count).